The van der Waals surface area contributed by atoms with E-state index >= 15 is 0 Å². The lowest BCUT2D eigenvalue weighted by molar-refractivity contribution is -0.436. The number of rotatable bonds is 2. The van der Waals surface area contributed by atoms with Gasteiger partial charge in [-0.15, -0.1) is 0 Å². The Bertz CT molecular complexity index is 1200. The summed E-state index contributed by atoms with van der Waals surface area (Å²) < 4.78 is 43.1. The topological polar surface area (TPSA) is 102 Å². The highest BCUT2D eigenvalue weighted by atomic mass is 16.9. The molecule has 9 nitrogen and oxygen atoms in total. The smallest absolute Gasteiger partial charge is 0.342 e. The molecule has 190 valence electrons. The maximum atomic E-state index is 12.6. The molecule has 0 radical (unpaired) electrons. The number of methoxy groups -OCH3 is 2. The Labute approximate surface area is 203 Å². The van der Waals surface area contributed by atoms with Crippen LogP contribution in [0.5, 0.6) is 11.5 Å². The number of ether oxygens (including phenoxy) is 7. The normalized spacial score (nSPS) is 48.4. The van der Waals surface area contributed by atoms with Crippen LogP contribution in [0, 0.1) is 18.3 Å². The summed E-state index contributed by atoms with van der Waals surface area (Å²) in [5.41, 5.74) is -0.424. The Hall–Kier alpha value is -1.91. The standard InChI is InChI=1S/C26H32O9/c1-13-15-10-31-20(27)17(15)19(29-5)14-9-16-21(2)7-8-25(30-6)34-23(4)12-32-24(28,26(21,23)35-25)11-22(16,3)33-18(13)14/h16,28H,7-12H2,1-6H3/t16-,21-,22+,23-,24-,25-,26-/m0/s1. The summed E-state index contributed by atoms with van der Waals surface area (Å²) >= 11 is 0. The fourth-order valence-corrected chi connectivity index (χ4v) is 8.75. The van der Waals surface area contributed by atoms with Gasteiger partial charge in [-0.25, -0.2) is 4.79 Å². The van der Waals surface area contributed by atoms with Gasteiger partial charge in [0.1, 0.15) is 34.9 Å². The zero-order chi connectivity index (χ0) is 24.8. The van der Waals surface area contributed by atoms with Crippen molar-refractivity contribution in [1.82, 2.24) is 0 Å². The minimum Gasteiger partial charge on any atom is -0.495 e. The summed E-state index contributed by atoms with van der Waals surface area (Å²) in [5.74, 6) is -2.09. The Kier molecular flexibility index (Phi) is 3.91. The molecule has 35 heavy (non-hydrogen) atoms. The lowest BCUT2D eigenvalue weighted by Crippen LogP contribution is -2.79. The van der Waals surface area contributed by atoms with E-state index in [1.807, 2.05) is 20.8 Å². The van der Waals surface area contributed by atoms with E-state index in [1.165, 1.54) is 0 Å². The minimum absolute atomic E-state index is 0.0934. The first-order chi connectivity index (χ1) is 16.4. The molecule has 0 aromatic heterocycles. The molecule has 2 bridgehead atoms. The average Bonchev–Trinajstić information content (AvgIpc) is 3.37. The van der Waals surface area contributed by atoms with Crippen molar-refractivity contribution in [2.24, 2.45) is 11.3 Å². The first kappa shape index (κ1) is 22.3. The van der Waals surface area contributed by atoms with Gasteiger partial charge in [0.2, 0.25) is 5.79 Å². The van der Waals surface area contributed by atoms with Crippen LogP contribution in [0.4, 0.5) is 0 Å². The second-order valence-electron chi connectivity index (χ2n) is 11.7. The molecule has 3 saturated heterocycles. The number of hydrogen-bond acceptors (Lipinski definition) is 9. The van der Waals surface area contributed by atoms with Gasteiger partial charge in [-0.3, -0.25) is 0 Å². The third-order valence-electron chi connectivity index (χ3n) is 10.1. The van der Waals surface area contributed by atoms with Gasteiger partial charge in [-0.05, 0) is 39.2 Å². The zero-order valence-electron chi connectivity index (χ0n) is 21.0. The summed E-state index contributed by atoms with van der Waals surface area (Å²) in [6, 6.07) is 0. The molecule has 7 rings (SSSR count). The van der Waals surface area contributed by atoms with Gasteiger partial charge >= 0.3 is 5.97 Å². The molecule has 0 unspecified atom stereocenters. The number of fused-ring (bicyclic) bond motifs is 5. The molecule has 4 fully saturated rings. The predicted molar refractivity (Wildman–Crippen MR) is 119 cm³/mol. The average molecular weight is 489 g/mol. The number of esters is 1. The van der Waals surface area contributed by atoms with Crippen molar-refractivity contribution in [1.29, 1.82) is 0 Å². The predicted octanol–water partition coefficient (Wildman–Crippen LogP) is 2.75. The number of hydrogen-bond donors (Lipinski definition) is 1. The molecule has 1 aromatic carbocycles. The number of carbonyl (C=O) groups is 1. The highest BCUT2D eigenvalue weighted by Crippen LogP contribution is 2.75. The van der Waals surface area contributed by atoms with Crippen LogP contribution in [0.25, 0.3) is 0 Å². The summed E-state index contributed by atoms with van der Waals surface area (Å²) in [6.45, 7) is 8.48. The number of cyclic esters (lactones) is 1. The van der Waals surface area contributed by atoms with Crippen molar-refractivity contribution in [2.75, 3.05) is 20.8 Å². The zero-order valence-corrected chi connectivity index (χ0v) is 21.0. The van der Waals surface area contributed by atoms with Gasteiger partial charge < -0.3 is 38.3 Å². The third-order valence-corrected chi connectivity index (χ3v) is 10.1. The molecular formula is C26H32O9. The van der Waals surface area contributed by atoms with E-state index in [0.717, 1.165) is 16.7 Å². The van der Waals surface area contributed by atoms with Gasteiger partial charge in [-0.1, -0.05) is 6.92 Å². The van der Waals surface area contributed by atoms with E-state index in [9.17, 15) is 9.90 Å². The van der Waals surface area contributed by atoms with Gasteiger partial charge in [0.05, 0.1) is 13.7 Å². The first-order valence-corrected chi connectivity index (χ1v) is 12.3. The molecule has 0 amide bonds. The molecule has 1 aromatic rings. The van der Waals surface area contributed by atoms with E-state index < -0.39 is 34.0 Å². The third kappa shape index (κ3) is 2.16. The summed E-state index contributed by atoms with van der Waals surface area (Å²) in [6.07, 6.45) is 1.98. The summed E-state index contributed by atoms with van der Waals surface area (Å²) in [4.78, 5) is 12.6. The molecule has 6 aliphatic rings. The van der Waals surface area contributed by atoms with Crippen LogP contribution in [0.15, 0.2) is 0 Å². The van der Waals surface area contributed by atoms with Crippen LogP contribution in [-0.4, -0.2) is 60.5 Å². The molecule has 1 aliphatic carbocycles. The molecule has 9 heteroatoms. The van der Waals surface area contributed by atoms with Crippen LogP contribution in [0.1, 0.15) is 67.1 Å². The Morgan fingerprint density at radius 1 is 1.09 bits per heavy atom. The highest BCUT2D eigenvalue weighted by Gasteiger charge is 2.89. The maximum Gasteiger partial charge on any atom is 0.342 e. The van der Waals surface area contributed by atoms with Crippen LogP contribution >= 0.6 is 0 Å². The highest BCUT2D eigenvalue weighted by molar-refractivity contribution is 5.98. The Balaban J connectivity index is 1.45. The molecule has 1 saturated carbocycles. The molecule has 5 aliphatic heterocycles. The van der Waals surface area contributed by atoms with Gasteiger partial charge in [0.15, 0.2) is 5.60 Å². The SMILES string of the molecule is COc1c2c(c(C)c3c1C(=O)OC3)O[C@]1(C)C[C@]3(O)OC[C@]4(C)O[C@@]5(OC)CC[C@@](C)([C@@H]1C2)[C@]43O5. The van der Waals surface area contributed by atoms with Crippen LogP contribution in [0.2, 0.25) is 0 Å². The quantitative estimate of drug-likeness (QED) is 0.630. The van der Waals surface area contributed by atoms with Crippen LogP contribution < -0.4 is 9.47 Å². The second kappa shape index (κ2) is 6.14. The maximum absolute atomic E-state index is 12.6. The van der Waals surface area contributed by atoms with Crippen molar-refractivity contribution in [3.05, 3.63) is 22.3 Å². The van der Waals surface area contributed by atoms with Crippen molar-refractivity contribution >= 4 is 5.97 Å². The number of carbonyl (C=O) groups excluding carboxylic acids is 1. The molecule has 1 spiro atoms. The van der Waals surface area contributed by atoms with E-state index in [-0.39, 0.29) is 31.5 Å². The van der Waals surface area contributed by atoms with Gasteiger partial charge in [-0.2, -0.15) is 0 Å². The lowest BCUT2D eigenvalue weighted by Gasteiger charge is -2.66. The molecular weight excluding hydrogens is 456 g/mol. The monoisotopic (exact) mass is 488 g/mol. The Morgan fingerprint density at radius 3 is 2.57 bits per heavy atom. The fraction of sp³-hybridized carbons (Fsp3) is 0.731. The first-order valence-electron chi connectivity index (χ1n) is 12.3. The van der Waals surface area contributed by atoms with Crippen molar-refractivity contribution in [2.45, 2.75) is 88.5 Å². The van der Waals surface area contributed by atoms with E-state index in [0.29, 0.717) is 36.3 Å². The lowest BCUT2D eigenvalue weighted by atomic mass is 9.45. The molecule has 7 atom stereocenters. The summed E-state index contributed by atoms with van der Waals surface area (Å²) in [7, 11) is 3.15. The van der Waals surface area contributed by atoms with Crippen molar-refractivity contribution in [3.63, 3.8) is 0 Å². The Morgan fingerprint density at radius 2 is 1.86 bits per heavy atom. The second-order valence-corrected chi connectivity index (χ2v) is 11.7. The largest absolute Gasteiger partial charge is 0.495 e. The minimum atomic E-state index is -1.63. The number of benzene rings is 1. The fourth-order valence-electron chi connectivity index (χ4n) is 8.75. The number of aliphatic hydroxyl groups is 1. The van der Waals surface area contributed by atoms with Crippen molar-refractivity contribution in [3.8, 4) is 11.5 Å². The van der Waals surface area contributed by atoms with E-state index in [4.69, 9.17) is 33.2 Å². The summed E-state index contributed by atoms with van der Waals surface area (Å²) in [5, 5.41) is 12.2. The van der Waals surface area contributed by atoms with Crippen LogP contribution in [-0.2, 0) is 36.7 Å². The van der Waals surface area contributed by atoms with Gasteiger partial charge in [0.25, 0.3) is 5.97 Å². The van der Waals surface area contributed by atoms with E-state index in [1.54, 1.807) is 14.2 Å². The molecule has 1 N–H and O–H groups in total. The molecule has 5 heterocycles. The van der Waals surface area contributed by atoms with Crippen molar-refractivity contribution < 1.29 is 43.1 Å². The van der Waals surface area contributed by atoms with E-state index in [2.05, 4.69) is 6.92 Å². The van der Waals surface area contributed by atoms with Crippen LogP contribution in [0.3, 0.4) is 0 Å². The van der Waals surface area contributed by atoms with Gasteiger partial charge in [0, 0.05) is 42.4 Å².